The molecule has 14 heavy (non-hydrogen) atoms. The minimum atomic E-state index is -0.0333. The molecule has 0 heterocycles. The van der Waals surface area contributed by atoms with E-state index in [1.807, 2.05) is 18.2 Å². The molecule has 1 aromatic rings. The van der Waals surface area contributed by atoms with E-state index in [4.69, 9.17) is 5.73 Å². The summed E-state index contributed by atoms with van der Waals surface area (Å²) in [4.78, 5) is 11.4. The van der Waals surface area contributed by atoms with Crippen molar-refractivity contribution in [2.75, 3.05) is 13.1 Å². The Bertz CT molecular complexity index is 264. The third kappa shape index (κ3) is 4.25. The highest BCUT2D eigenvalue weighted by Gasteiger charge is 2.01. The predicted octanol–water partition coefficient (Wildman–Crippen LogP) is 1.19. The van der Waals surface area contributed by atoms with Crippen LogP contribution in [0.5, 0.6) is 0 Å². The second-order valence-electron chi connectivity index (χ2n) is 2.76. The molecule has 3 nitrogen and oxygen atoms in total. The summed E-state index contributed by atoms with van der Waals surface area (Å²) in [5, 5.41) is 2.78. The van der Waals surface area contributed by atoms with Crippen molar-refractivity contribution in [1.82, 2.24) is 5.32 Å². The van der Waals surface area contributed by atoms with Gasteiger partial charge in [-0.05, 0) is 25.1 Å². The van der Waals surface area contributed by atoms with Crippen molar-refractivity contribution in [2.45, 2.75) is 6.42 Å². The van der Waals surface area contributed by atoms with E-state index in [1.54, 1.807) is 12.1 Å². The second kappa shape index (κ2) is 7.35. The summed E-state index contributed by atoms with van der Waals surface area (Å²) >= 11 is 0. The van der Waals surface area contributed by atoms with Gasteiger partial charge in [0.1, 0.15) is 0 Å². The predicted molar refractivity (Wildman–Crippen MR) is 59.7 cm³/mol. The fourth-order valence-electron chi connectivity index (χ4n) is 0.996. The van der Waals surface area contributed by atoms with Crippen LogP contribution in [0.25, 0.3) is 0 Å². The van der Waals surface area contributed by atoms with E-state index in [0.29, 0.717) is 18.7 Å². The van der Waals surface area contributed by atoms with Crippen molar-refractivity contribution in [2.24, 2.45) is 5.73 Å². The van der Waals surface area contributed by atoms with Crippen molar-refractivity contribution in [3.63, 3.8) is 0 Å². The van der Waals surface area contributed by atoms with Crippen molar-refractivity contribution in [3.8, 4) is 0 Å². The molecule has 4 heteroatoms. The van der Waals surface area contributed by atoms with Crippen LogP contribution in [0.15, 0.2) is 30.3 Å². The van der Waals surface area contributed by atoms with Gasteiger partial charge in [0.05, 0.1) is 0 Å². The fraction of sp³-hybridized carbons (Fsp3) is 0.300. The topological polar surface area (TPSA) is 55.1 Å². The van der Waals surface area contributed by atoms with Crippen LogP contribution in [0.3, 0.4) is 0 Å². The van der Waals surface area contributed by atoms with Crippen LogP contribution in [0.1, 0.15) is 16.8 Å². The Labute approximate surface area is 90.1 Å². The molecule has 78 valence electrons. The number of nitrogens with one attached hydrogen (secondary N) is 1. The molecule has 0 aliphatic rings. The third-order valence-corrected chi connectivity index (χ3v) is 1.70. The number of halogens is 1. The largest absolute Gasteiger partial charge is 0.352 e. The maximum absolute atomic E-state index is 11.4. The highest BCUT2D eigenvalue weighted by molar-refractivity contribution is 5.94. The summed E-state index contributed by atoms with van der Waals surface area (Å²) in [5.41, 5.74) is 6.00. The summed E-state index contributed by atoms with van der Waals surface area (Å²) in [7, 11) is 0. The number of rotatable bonds is 4. The van der Waals surface area contributed by atoms with Crippen molar-refractivity contribution in [3.05, 3.63) is 35.9 Å². The van der Waals surface area contributed by atoms with Gasteiger partial charge in [0.15, 0.2) is 0 Å². The van der Waals surface area contributed by atoms with Gasteiger partial charge in [-0.25, -0.2) is 0 Å². The summed E-state index contributed by atoms with van der Waals surface area (Å²) in [5.74, 6) is -0.0333. The first-order valence-corrected chi connectivity index (χ1v) is 4.38. The van der Waals surface area contributed by atoms with E-state index in [-0.39, 0.29) is 18.3 Å². The van der Waals surface area contributed by atoms with Gasteiger partial charge in [-0.2, -0.15) is 0 Å². The molecular weight excluding hydrogens is 200 g/mol. The molecule has 3 N–H and O–H groups in total. The molecule has 0 atom stereocenters. The van der Waals surface area contributed by atoms with E-state index in [0.717, 1.165) is 6.42 Å². The molecule has 0 fully saturated rings. The monoisotopic (exact) mass is 214 g/mol. The molecule has 0 spiro atoms. The smallest absolute Gasteiger partial charge is 0.251 e. The van der Waals surface area contributed by atoms with E-state index < -0.39 is 0 Å². The van der Waals surface area contributed by atoms with Gasteiger partial charge >= 0.3 is 0 Å². The van der Waals surface area contributed by atoms with Crippen LogP contribution in [-0.4, -0.2) is 19.0 Å². The molecule has 0 saturated heterocycles. The van der Waals surface area contributed by atoms with Gasteiger partial charge in [0, 0.05) is 12.1 Å². The van der Waals surface area contributed by atoms with Crippen LogP contribution in [0.2, 0.25) is 0 Å². The minimum Gasteiger partial charge on any atom is -0.352 e. The Balaban J connectivity index is 0.00000169. The minimum absolute atomic E-state index is 0. The average Bonchev–Trinajstić information content (AvgIpc) is 2.19. The number of hydrogen-bond donors (Lipinski definition) is 2. The standard InChI is InChI=1S/C10H14N2O.ClH/c11-7-4-8-12-10(13)9-5-2-1-3-6-9;/h1-3,5-6H,4,7-8,11H2,(H,12,13);1H. The summed E-state index contributed by atoms with van der Waals surface area (Å²) in [6.07, 6.45) is 0.818. The fourth-order valence-corrected chi connectivity index (χ4v) is 0.996. The van der Waals surface area contributed by atoms with Crippen LogP contribution in [-0.2, 0) is 0 Å². The highest BCUT2D eigenvalue weighted by Crippen LogP contribution is 1.97. The summed E-state index contributed by atoms with van der Waals surface area (Å²) in [6.45, 7) is 1.25. The molecule has 1 rings (SSSR count). The Morgan fingerprint density at radius 2 is 1.93 bits per heavy atom. The molecule has 0 aromatic heterocycles. The second-order valence-corrected chi connectivity index (χ2v) is 2.76. The van der Waals surface area contributed by atoms with Crippen LogP contribution in [0, 0.1) is 0 Å². The first kappa shape index (κ1) is 12.9. The quantitative estimate of drug-likeness (QED) is 0.740. The Kier molecular flexibility index (Phi) is 6.80. The van der Waals surface area contributed by atoms with Crippen LogP contribution < -0.4 is 11.1 Å². The number of amides is 1. The van der Waals surface area contributed by atoms with E-state index in [1.165, 1.54) is 0 Å². The SMILES string of the molecule is Cl.NCCCNC(=O)c1ccccc1. The normalized spacial score (nSPS) is 8.93. The Morgan fingerprint density at radius 1 is 1.29 bits per heavy atom. The Morgan fingerprint density at radius 3 is 2.50 bits per heavy atom. The number of hydrogen-bond acceptors (Lipinski definition) is 2. The van der Waals surface area contributed by atoms with Crippen LogP contribution >= 0.6 is 12.4 Å². The summed E-state index contributed by atoms with van der Waals surface area (Å²) in [6, 6.07) is 9.15. The van der Waals surface area contributed by atoms with Gasteiger partial charge in [-0.3, -0.25) is 4.79 Å². The lowest BCUT2D eigenvalue weighted by Crippen LogP contribution is -2.25. The zero-order chi connectivity index (χ0) is 9.52. The Hall–Kier alpha value is -1.06. The van der Waals surface area contributed by atoms with Gasteiger partial charge in [-0.1, -0.05) is 18.2 Å². The van der Waals surface area contributed by atoms with E-state index in [9.17, 15) is 4.79 Å². The molecular formula is C10H15ClN2O. The maximum atomic E-state index is 11.4. The average molecular weight is 215 g/mol. The number of benzene rings is 1. The maximum Gasteiger partial charge on any atom is 0.251 e. The van der Waals surface area contributed by atoms with E-state index >= 15 is 0 Å². The molecule has 1 aromatic carbocycles. The zero-order valence-electron chi connectivity index (χ0n) is 7.90. The molecule has 0 unspecified atom stereocenters. The molecule has 0 radical (unpaired) electrons. The molecule has 0 aliphatic heterocycles. The molecule has 0 bridgehead atoms. The van der Waals surface area contributed by atoms with Gasteiger partial charge in [0.25, 0.3) is 5.91 Å². The molecule has 0 saturated carbocycles. The summed E-state index contributed by atoms with van der Waals surface area (Å²) < 4.78 is 0. The zero-order valence-corrected chi connectivity index (χ0v) is 8.72. The lowest BCUT2D eigenvalue weighted by molar-refractivity contribution is 0.0953. The van der Waals surface area contributed by atoms with Gasteiger partial charge in [-0.15, -0.1) is 12.4 Å². The van der Waals surface area contributed by atoms with Crippen molar-refractivity contribution >= 4 is 18.3 Å². The van der Waals surface area contributed by atoms with E-state index in [2.05, 4.69) is 5.32 Å². The number of carbonyl (C=O) groups excluding carboxylic acids is 1. The van der Waals surface area contributed by atoms with Crippen molar-refractivity contribution < 1.29 is 4.79 Å². The van der Waals surface area contributed by atoms with Gasteiger partial charge in [0.2, 0.25) is 0 Å². The first-order valence-electron chi connectivity index (χ1n) is 4.38. The third-order valence-electron chi connectivity index (χ3n) is 1.70. The van der Waals surface area contributed by atoms with Crippen molar-refractivity contribution in [1.29, 1.82) is 0 Å². The molecule has 0 aliphatic carbocycles. The lowest BCUT2D eigenvalue weighted by Gasteiger charge is -2.02. The lowest BCUT2D eigenvalue weighted by atomic mass is 10.2. The molecule has 1 amide bonds. The van der Waals surface area contributed by atoms with Crippen LogP contribution in [0.4, 0.5) is 0 Å². The number of nitrogens with two attached hydrogens (primary N) is 1. The van der Waals surface area contributed by atoms with Gasteiger partial charge < -0.3 is 11.1 Å². The first-order chi connectivity index (χ1) is 6.34. The highest BCUT2D eigenvalue weighted by atomic mass is 35.5. The number of carbonyl (C=O) groups is 1.